The van der Waals surface area contributed by atoms with Gasteiger partial charge in [0, 0.05) is 19.1 Å². The summed E-state index contributed by atoms with van der Waals surface area (Å²) in [6.45, 7) is 5.87. The first-order valence-electron chi connectivity index (χ1n) is 4.25. The highest BCUT2D eigenvalue weighted by molar-refractivity contribution is 4.90. The summed E-state index contributed by atoms with van der Waals surface area (Å²) in [5.74, 6) is 0. The summed E-state index contributed by atoms with van der Waals surface area (Å²) < 4.78 is 13.5. The van der Waals surface area contributed by atoms with Crippen molar-refractivity contribution in [3.63, 3.8) is 0 Å². The minimum Gasteiger partial charge on any atom is -0.313 e. The van der Waals surface area contributed by atoms with Crippen molar-refractivity contribution in [2.24, 2.45) is 0 Å². The third-order valence-electron chi connectivity index (χ3n) is 2.02. The maximum atomic E-state index is 13.5. The van der Waals surface area contributed by atoms with Gasteiger partial charge in [0.15, 0.2) is 0 Å². The minimum atomic E-state index is -0.996. The van der Waals surface area contributed by atoms with E-state index in [0.717, 1.165) is 6.54 Å². The Labute approximate surface area is 67.6 Å². The average molecular weight is 160 g/mol. The zero-order chi connectivity index (χ0) is 8.32. The van der Waals surface area contributed by atoms with Crippen molar-refractivity contribution in [3.8, 4) is 0 Å². The number of nitrogens with one attached hydrogen (secondary N) is 2. The van der Waals surface area contributed by atoms with Crippen LogP contribution >= 0.6 is 0 Å². The van der Waals surface area contributed by atoms with Crippen molar-refractivity contribution in [2.45, 2.75) is 32.0 Å². The van der Waals surface area contributed by atoms with Crippen LogP contribution < -0.4 is 10.6 Å². The summed E-state index contributed by atoms with van der Waals surface area (Å²) in [6.07, 6.45) is 0.646. The summed E-state index contributed by atoms with van der Waals surface area (Å²) in [5.41, 5.74) is -0.996. The van der Waals surface area contributed by atoms with E-state index >= 15 is 0 Å². The SMILES string of the molecule is CC(C)NCC1(F)CCNC1. The molecule has 0 aliphatic carbocycles. The molecule has 0 aromatic heterocycles. The lowest BCUT2D eigenvalue weighted by molar-refractivity contribution is 0.181. The van der Waals surface area contributed by atoms with Gasteiger partial charge in [-0.25, -0.2) is 4.39 Å². The highest BCUT2D eigenvalue weighted by Gasteiger charge is 2.32. The second-order valence-electron chi connectivity index (χ2n) is 3.61. The Balaban J connectivity index is 2.23. The van der Waals surface area contributed by atoms with Gasteiger partial charge >= 0.3 is 0 Å². The average Bonchev–Trinajstić information content (AvgIpc) is 2.33. The van der Waals surface area contributed by atoms with E-state index < -0.39 is 5.67 Å². The van der Waals surface area contributed by atoms with Crippen LogP contribution in [0.25, 0.3) is 0 Å². The molecule has 0 bridgehead atoms. The van der Waals surface area contributed by atoms with Gasteiger partial charge in [0.1, 0.15) is 5.67 Å². The fourth-order valence-electron chi connectivity index (χ4n) is 1.25. The van der Waals surface area contributed by atoms with Gasteiger partial charge in [-0.3, -0.25) is 0 Å². The molecule has 1 heterocycles. The summed E-state index contributed by atoms with van der Waals surface area (Å²) in [5, 5.41) is 6.13. The van der Waals surface area contributed by atoms with Crippen LogP contribution in [0.4, 0.5) is 4.39 Å². The maximum absolute atomic E-state index is 13.5. The second-order valence-corrected chi connectivity index (χ2v) is 3.61. The van der Waals surface area contributed by atoms with Crippen LogP contribution in [0.2, 0.25) is 0 Å². The lowest BCUT2D eigenvalue weighted by Gasteiger charge is -2.20. The standard InChI is InChI=1S/C8H17FN2/c1-7(2)11-6-8(9)3-4-10-5-8/h7,10-11H,3-6H2,1-2H3. The Kier molecular flexibility index (Phi) is 2.84. The van der Waals surface area contributed by atoms with Crippen LogP contribution in [0, 0.1) is 0 Å². The van der Waals surface area contributed by atoms with Gasteiger partial charge in [0.05, 0.1) is 0 Å². The zero-order valence-corrected chi connectivity index (χ0v) is 7.28. The molecule has 1 atom stereocenters. The summed E-state index contributed by atoms with van der Waals surface area (Å²) in [4.78, 5) is 0. The third-order valence-corrected chi connectivity index (χ3v) is 2.02. The Hall–Kier alpha value is -0.150. The molecular weight excluding hydrogens is 143 g/mol. The summed E-state index contributed by atoms with van der Waals surface area (Å²) in [7, 11) is 0. The Morgan fingerprint density at radius 3 is 2.82 bits per heavy atom. The molecule has 1 unspecified atom stereocenters. The predicted octanol–water partition coefficient (Wildman–Crippen LogP) is 0.686. The van der Waals surface area contributed by atoms with Gasteiger partial charge in [-0.2, -0.15) is 0 Å². The molecule has 1 saturated heterocycles. The van der Waals surface area contributed by atoms with Gasteiger partial charge in [-0.05, 0) is 13.0 Å². The van der Waals surface area contributed by atoms with Crippen molar-refractivity contribution >= 4 is 0 Å². The molecule has 0 aromatic carbocycles. The monoisotopic (exact) mass is 160 g/mol. The maximum Gasteiger partial charge on any atom is 0.136 e. The molecule has 1 aliphatic heterocycles. The van der Waals surface area contributed by atoms with Crippen LogP contribution in [-0.4, -0.2) is 31.3 Å². The molecule has 0 radical (unpaired) electrons. The summed E-state index contributed by atoms with van der Waals surface area (Å²) >= 11 is 0. The molecule has 3 heteroatoms. The molecule has 1 fully saturated rings. The molecule has 1 aliphatic rings. The molecule has 2 N–H and O–H groups in total. The van der Waals surface area contributed by atoms with E-state index in [-0.39, 0.29) is 0 Å². The predicted molar refractivity (Wildman–Crippen MR) is 44.5 cm³/mol. The number of hydrogen-bond donors (Lipinski definition) is 2. The topological polar surface area (TPSA) is 24.1 Å². The molecule has 66 valence electrons. The van der Waals surface area contributed by atoms with E-state index in [1.54, 1.807) is 0 Å². The van der Waals surface area contributed by atoms with Gasteiger partial charge in [-0.1, -0.05) is 13.8 Å². The first kappa shape index (κ1) is 8.94. The smallest absolute Gasteiger partial charge is 0.136 e. The van der Waals surface area contributed by atoms with Crippen LogP contribution in [0.15, 0.2) is 0 Å². The van der Waals surface area contributed by atoms with Crippen molar-refractivity contribution in [1.82, 2.24) is 10.6 Å². The van der Waals surface area contributed by atoms with Gasteiger partial charge in [0.25, 0.3) is 0 Å². The van der Waals surface area contributed by atoms with E-state index in [0.29, 0.717) is 25.6 Å². The zero-order valence-electron chi connectivity index (χ0n) is 7.28. The highest BCUT2D eigenvalue weighted by Crippen LogP contribution is 2.18. The summed E-state index contributed by atoms with van der Waals surface area (Å²) in [6, 6.07) is 0.378. The van der Waals surface area contributed by atoms with Crippen LogP contribution in [-0.2, 0) is 0 Å². The largest absolute Gasteiger partial charge is 0.313 e. The normalized spacial score (nSPS) is 31.6. The Morgan fingerprint density at radius 1 is 1.64 bits per heavy atom. The second kappa shape index (κ2) is 3.50. The highest BCUT2D eigenvalue weighted by atomic mass is 19.1. The van der Waals surface area contributed by atoms with Crippen molar-refractivity contribution < 1.29 is 4.39 Å². The van der Waals surface area contributed by atoms with Gasteiger partial charge in [0.2, 0.25) is 0 Å². The number of hydrogen-bond acceptors (Lipinski definition) is 2. The Bertz CT molecular complexity index is 119. The van der Waals surface area contributed by atoms with Crippen LogP contribution in [0.1, 0.15) is 20.3 Å². The third kappa shape index (κ3) is 2.75. The molecule has 0 amide bonds. The fourth-order valence-corrected chi connectivity index (χ4v) is 1.25. The molecule has 0 spiro atoms. The number of rotatable bonds is 3. The number of halogens is 1. The van der Waals surface area contributed by atoms with Gasteiger partial charge < -0.3 is 10.6 Å². The van der Waals surface area contributed by atoms with E-state index in [4.69, 9.17) is 0 Å². The molecule has 1 rings (SSSR count). The van der Waals surface area contributed by atoms with E-state index in [2.05, 4.69) is 10.6 Å². The molecule has 11 heavy (non-hydrogen) atoms. The fraction of sp³-hybridized carbons (Fsp3) is 1.00. The minimum absolute atomic E-state index is 0.378. The van der Waals surface area contributed by atoms with Crippen molar-refractivity contribution in [2.75, 3.05) is 19.6 Å². The van der Waals surface area contributed by atoms with E-state index in [1.165, 1.54) is 0 Å². The lowest BCUT2D eigenvalue weighted by atomic mass is 10.1. The molecule has 0 aromatic rings. The van der Waals surface area contributed by atoms with E-state index in [1.807, 2.05) is 13.8 Å². The first-order valence-corrected chi connectivity index (χ1v) is 4.25. The van der Waals surface area contributed by atoms with Crippen LogP contribution in [0.3, 0.4) is 0 Å². The first-order chi connectivity index (χ1) is 5.12. The van der Waals surface area contributed by atoms with E-state index in [9.17, 15) is 4.39 Å². The van der Waals surface area contributed by atoms with Crippen molar-refractivity contribution in [1.29, 1.82) is 0 Å². The Morgan fingerprint density at radius 2 is 2.36 bits per heavy atom. The molecule has 0 saturated carbocycles. The van der Waals surface area contributed by atoms with Crippen LogP contribution in [0.5, 0.6) is 0 Å². The van der Waals surface area contributed by atoms with Crippen molar-refractivity contribution in [3.05, 3.63) is 0 Å². The lowest BCUT2D eigenvalue weighted by Crippen LogP contribution is -2.41. The molecule has 2 nitrogen and oxygen atoms in total. The molecular formula is C8H17FN2. The quantitative estimate of drug-likeness (QED) is 0.634. The number of alkyl halides is 1. The van der Waals surface area contributed by atoms with Gasteiger partial charge in [-0.15, -0.1) is 0 Å².